The predicted octanol–water partition coefficient (Wildman–Crippen LogP) is 4.73. The number of benzene rings is 1. The van der Waals surface area contributed by atoms with Crippen LogP contribution < -0.4 is 0 Å². The molecule has 2 aliphatic heterocycles. The van der Waals surface area contributed by atoms with Gasteiger partial charge in [-0.15, -0.1) is 5.10 Å². The second-order valence-corrected chi connectivity index (χ2v) is 17.9. The summed E-state index contributed by atoms with van der Waals surface area (Å²) in [7, 11) is 3.54. The average Bonchev–Trinajstić information content (AvgIpc) is 3.95. The molecule has 0 radical (unpaired) electrons. The number of allylic oxidation sites excluding steroid dienone is 3. The Labute approximate surface area is 364 Å². The molecule has 0 unspecified atom stereocenters. The fourth-order valence-corrected chi connectivity index (χ4v) is 9.16. The van der Waals surface area contributed by atoms with Crippen LogP contribution in [0.25, 0.3) is 11.3 Å². The number of carbonyl (C=O) groups is 2. The third-order valence-corrected chi connectivity index (χ3v) is 12.9. The first kappa shape index (κ1) is 48.4. The van der Waals surface area contributed by atoms with Crippen molar-refractivity contribution in [1.29, 1.82) is 0 Å². The van der Waals surface area contributed by atoms with Crippen LogP contribution in [0.2, 0.25) is 0 Å². The first-order valence-corrected chi connectivity index (χ1v) is 22.5. The molecule has 12 atom stereocenters. The van der Waals surface area contributed by atoms with E-state index in [1.165, 1.54) is 0 Å². The van der Waals surface area contributed by atoms with E-state index in [2.05, 4.69) is 27.3 Å². The lowest BCUT2D eigenvalue weighted by Crippen LogP contribution is -2.63. The van der Waals surface area contributed by atoms with Crippen molar-refractivity contribution in [2.75, 3.05) is 33.8 Å². The van der Waals surface area contributed by atoms with Crippen LogP contribution in [-0.2, 0) is 36.9 Å². The first-order chi connectivity index (χ1) is 29.2. The number of hydrogen-bond donors (Lipinski definition) is 4. The summed E-state index contributed by atoms with van der Waals surface area (Å²) in [5.74, 6) is -2.77. The van der Waals surface area contributed by atoms with Gasteiger partial charge in [0.25, 0.3) is 0 Å². The van der Waals surface area contributed by atoms with Crippen LogP contribution >= 0.6 is 11.3 Å². The molecular formula is C46H67N5O9S. The quantitative estimate of drug-likeness (QED) is 0.164. The molecule has 0 aliphatic carbocycles. The van der Waals surface area contributed by atoms with Crippen molar-refractivity contribution in [1.82, 2.24) is 24.8 Å². The zero-order valence-corrected chi connectivity index (χ0v) is 37.5. The van der Waals surface area contributed by atoms with Crippen molar-refractivity contribution >= 4 is 23.1 Å². The molecule has 336 valence electrons. The van der Waals surface area contributed by atoms with E-state index in [-0.39, 0.29) is 24.7 Å². The third-order valence-electron chi connectivity index (χ3n) is 12.2. The van der Waals surface area contributed by atoms with Crippen molar-refractivity contribution in [3.8, 4) is 11.3 Å². The van der Waals surface area contributed by atoms with Crippen molar-refractivity contribution in [3.63, 3.8) is 0 Å². The van der Waals surface area contributed by atoms with Crippen molar-refractivity contribution in [2.24, 2.45) is 23.7 Å². The van der Waals surface area contributed by atoms with Gasteiger partial charge in [0.2, 0.25) is 0 Å². The maximum absolute atomic E-state index is 13.9. The molecule has 15 heteroatoms. The number of thiophene rings is 1. The minimum Gasteiger partial charge on any atom is -0.462 e. The van der Waals surface area contributed by atoms with E-state index in [1.54, 1.807) is 56.3 Å². The molecule has 1 saturated heterocycles. The van der Waals surface area contributed by atoms with E-state index in [0.717, 1.165) is 22.4 Å². The fourth-order valence-electron chi connectivity index (χ4n) is 8.51. The van der Waals surface area contributed by atoms with E-state index >= 15 is 0 Å². The monoisotopic (exact) mass is 865 g/mol. The Morgan fingerprint density at radius 3 is 2.44 bits per heavy atom. The van der Waals surface area contributed by atoms with Gasteiger partial charge in [0.05, 0.1) is 56.2 Å². The number of ether oxygens (including phenoxy) is 3. The maximum atomic E-state index is 13.9. The largest absolute Gasteiger partial charge is 0.462 e. The zero-order valence-electron chi connectivity index (χ0n) is 36.7. The van der Waals surface area contributed by atoms with Crippen LogP contribution in [0.1, 0.15) is 65.9 Å². The molecule has 1 fully saturated rings. The number of aliphatic hydroxyl groups excluding tert-OH is 4. The topological polar surface area (TPSA) is 180 Å². The molecule has 4 heterocycles. The summed E-state index contributed by atoms with van der Waals surface area (Å²) in [6.45, 7) is 11.2. The Morgan fingerprint density at radius 2 is 1.77 bits per heavy atom. The number of carbonyl (C=O) groups excluding carboxylic acids is 2. The van der Waals surface area contributed by atoms with Gasteiger partial charge in [-0.3, -0.25) is 19.2 Å². The number of aromatic nitrogens is 3. The van der Waals surface area contributed by atoms with Gasteiger partial charge < -0.3 is 39.5 Å². The average molecular weight is 866 g/mol. The smallest absolute Gasteiger partial charge is 0.308 e. The van der Waals surface area contributed by atoms with Gasteiger partial charge in [-0.25, -0.2) is 0 Å². The fraction of sp³-hybridized carbons (Fsp3) is 0.609. The van der Waals surface area contributed by atoms with E-state index in [9.17, 15) is 30.0 Å². The number of likely N-dealkylation sites (N-methyl/N-ethyl adjacent to an activating group) is 1. The van der Waals surface area contributed by atoms with Crippen LogP contribution in [0.15, 0.2) is 77.2 Å². The molecule has 0 bridgehead atoms. The highest BCUT2D eigenvalue weighted by Crippen LogP contribution is 2.35. The Kier molecular flexibility index (Phi) is 18.4. The lowest BCUT2D eigenvalue weighted by molar-refractivity contribution is -0.304. The van der Waals surface area contributed by atoms with Gasteiger partial charge in [-0.1, -0.05) is 74.0 Å². The van der Waals surface area contributed by atoms with Gasteiger partial charge in [0.1, 0.15) is 17.9 Å². The Balaban J connectivity index is 1.50. The molecule has 1 aromatic carbocycles. The first-order valence-electron chi connectivity index (χ1n) is 21.6. The molecule has 0 spiro atoms. The van der Waals surface area contributed by atoms with Crippen LogP contribution in [0.5, 0.6) is 0 Å². The van der Waals surface area contributed by atoms with E-state index < -0.39 is 72.7 Å². The number of ketones is 1. The molecule has 5 rings (SSSR count). The van der Waals surface area contributed by atoms with Gasteiger partial charge in [0.15, 0.2) is 12.1 Å². The molecule has 14 nitrogen and oxygen atoms in total. The van der Waals surface area contributed by atoms with Crippen LogP contribution in [0.4, 0.5) is 0 Å². The summed E-state index contributed by atoms with van der Waals surface area (Å²) < 4.78 is 20.7. The summed E-state index contributed by atoms with van der Waals surface area (Å²) in [6, 6.07) is 11.5. The molecule has 0 amide bonds. The van der Waals surface area contributed by atoms with Crippen molar-refractivity contribution in [3.05, 3.63) is 82.7 Å². The molecule has 61 heavy (non-hydrogen) atoms. The Bertz CT molecular complexity index is 1860. The number of hydrogen-bond acceptors (Lipinski definition) is 14. The van der Waals surface area contributed by atoms with E-state index in [4.69, 9.17) is 14.2 Å². The maximum Gasteiger partial charge on any atom is 0.308 e. The van der Waals surface area contributed by atoms with Crippen molar-refractivity contribution < 1.29 is 44.2 Å². The SMILES string of the molecule is CC[C@H]1OC(=O)C[C@@H](O)[C@H](C)[C@@H](O[C@@H]2O[C@H](C)[C@@H](O)[C@H](N(C)C)[C@H]2O)[C@@H](CCN(CCn2cc(-c3ccsc3)nn2)Cc2ccccc2)C[C@@H](C)C(=O)/C=C/C(C)=C/[C@@H]1CO. The molecule has 0 saturated carbocycles. The number of rotatable bonds is 14. The molecule has 4 N–H and O–H groups in total. The molecule has 2 aromatic heterocycles. The number of aliphatic hydroxyl groups is 4. The Morgan fingerprint density at radius 1 is 1.02 bits per heavy atom. The van der Waals surface area contributed by atoms with Gasteiger partial charge in [0, 0.05) is 41.8 Å². The molecular weight excluding hydrogens is 799 g/mol. The highest BCUT2D eigenvalue weighted by atomic mass is 32.1. The predicted molar refractivity (Wildman–Crippen MR) is 234 cm³/mol. The van der Waals surface area contributed by atoms with Crippen LogP contribution in [0, 0.1) is 23.7 Å². The van der Waals surface area contributed by atoms with Crippen molar-refractivity contribution in [2.45, 2.75) is 122 Å². The van der Waals surface area contributed by atoms with Gasteiger partial charge in [-0.2, -0.15) is 11.3 Å². The summed E-state index contributed by atoms with van der Waals surface area (Å²) in [6.07, 6.45) is 1.17. The Hall–Kier alpha value is -3.64. The highest BCUT2D eigenvalue weighted by Gasteiger charge is 2.47. The third kappa shape index (κ3) is 13.4. The summed E-state index contributed by atoms with van der Waals surface area (Å²) in [4.78, 5) is 31.5. The number of nitrogens with zero attached hydrogens (tertiary/aromatic N) is 5. The molecule has 3 aromatic rings. The van der Waals surface area contributed by atoms with E-state index in [1.807, 2.05) is 72.8 Å². The second-order valence-electron chi connectivity index (χ2n) is 17.1. The normalized spacial score (nSPS) is 32.4. The zero-order chi connectivity index (χ0) is 44.2. The standard InChI is InChI=1S/C46H67N5O9S/c1-8-40-36(27-52)22-29(2)14-15-38(53)30(3)23-34(45(31(4)39(54)24-41(55)59-40)60-46-44(57)42(49(6)7)43(56)32(5)58-46)16-18-50(25-33-12-10-9-11-13-33)19-20-51-26-37(47-48-51)35-17-21-61-28-35/h9-15,17,21-22,26,28,30-32,34,36,39-40,42-46,52,54,56-57H,8,16,18-20,23-25,27H2,1-7H3/b15-14+,29-22+/t30-,31+,32-,34+,36-,39-,40-,42+,43-,44-,45-,46+/m1/s1. The summed E-state index contributed by atoms with van der Waals surface area (Å²) in [5, 5.41) is 57.7. The van der Waals surface area contributed by atoms with Crippen LogP contribution in [0.3, 0.4) is 0 Å². The van der Waals surface area contributed by atoms with Gasteiger partial charge >= 0.3 is 5.97 Å². The molecule has 2 aliphatic rings. The lowest BCUT2D eigenvalue weighted by Gasteiger charge is -2.46. The van der Waals surface area contributed by atoms with Gasteiger partial charge in [-0.05, 0) is 82.8 Å². The summed E-state index contributed by atoms with van der Waals surface area (Å²) >= 11 is 1.60. The minimum absolute atomic E-state index is 0.0945. The number of cyclic esters (lactones) is 1. The second kappa shape index (κ2) is 23.2. The summed E-state index contributed by atoms with van der Waals surface area (Å²) in [5.41, 5.74) is 3.69. The number of esters is 1. The highest BCUT2D eigenvalue weighted by molar-refractivity contribution is 7.08. The van der Waals surface area contributed by atoms with Crippen LogP contribution in [-0.4, -0.2) is 140 Å². The minimum atomic E-state index is -1.26. The van der Waals surface area contributed by atoms with E-state index in [0.29, 0.717) is 45.4 Å². The lowest BCUT2D eigenvalue weighted by atomic mass is 9.79.